The molecule has 6 atom stereocenters. The van der Waals surface area contributed by atoms with E-state index in [9.17, 15) is 10.2 Å². The Labute approximate surface area is 130 Å². The molecule has 3 aliphatic rings. The normalized spacial score (nSPS) is 54.4. The van der Waals surface area contributed by atoms with Crippen LogP contribution in [0.2, 0.25) is 0 Å². The predicted octanol–water partition coefficient (Wildman–Crippen LogP) is 4.29. The summed E-state index contributed by atoms with van der Waals surface area (Å²) in [5.41, 5.74) is 0.0939. The average molecular weight is 294 g/mol. The first-order valence-corrected chi connectivity index (χ1v) is 9.23. The zero-order chi connectivity index (χ0) is 15.3. The van der Waals surface area contributed by atoms with Gasteiger partial charge in [-0.2, -0.15) is 0 Å². The van der Waals surface area contributed by atoms with E-state index in [-0.39, 0.29) is 11.5 Å². The zero-order valence-electron chi connectivity index (χ0n) is 14.2. The van der Waals surface area contributed by atoms with Crippen LogP contribution in [0.15, 0.2) is 0 Å². The van der Waals surface area contributed by atoms with Gasteiger partial charge >= 0.3 is 0 Å². The van der Waals surface area contributed by atoms with Crippen molar-refractivity contribution >= 4 is 0 Å². The lowest BCUT2D eigenvalue weighted by atomic mass is 9.52. The quantitative estimate of drug-likeness (QED) is 0.798. The van der Waals surface area contributed by atoms with Crippen molar-refractivity contribution in [1.82, 2.24) is 0 Å². The molecule has 0 aromatic rings. The minimum atomic E-state index is -0.409. The first-order valence-electron chi connectivity index (χ1n) is 9.23. The molecule has 2 heteroatoms. The van der Waals surface area contributed by atoms with Crippen molar-refractivity contribution in [3.63, 3.8) is 0 Å². The van der Waals surface area contributed by atoms with Crippen molar-refractivity contribution < 1.29 is 10.2 Å². The average Bonchev–Trinajstić information content (AvgIpc) is 2.76. The Hall–Kier alpha value is -0.0800. The molecule has 0 aliphatic heterocycles. The fraction of sp³-hybridized carbons (Fsp3) is 1.00. The van der Waals surface area contributed by atoms with E-state index >= 15 is 0 Å². The van der Waals surface area contributed by atoms with Crippen LogP contribution in [0.5, 0.6) is 0 Å². The van der Waals surface area contributed by atoms with Gasteiger partial charge in [-0.1, -0.05) is 27.2 Å². The van der Waals surface area contributed by atoms with E-state index in [1.807, 2.05) is 0 Å². The van der Waals surface area contributed by atoms with Crippen LogP contribution in [0.1, 0.15) is 85.0 Å². The van der Waals surface area contributed by atoms with Gasteiger partial charge in [0.15, 0.2) is 0 Å². The third kappa shape index (κ3) is 2.37. The van der Waals surface area contributed by atoms with Gasteiger partial charge in [-0.3, -0.25) is 0 Å². The van der Waals surface area contributed by atoms with Crippen molar-refractivity contribution in [2.45, 2.75) is 96.7 Å². The number of aliphatic hydroxyl groups excluding tert-OH is 1. The second-order valence-electron chi connectivity index (χ2n) is 8.92. The molecule has 0 heterocycles. The monoisotopic (exact) mass is 294 g/mol. The van der Waals surface area contributed by atoms with Crippen molar-refractivity contribution in [2.75, 3.05) is 0 Å². The minimum absolute atomic E-state index is 0.0913. The molecule has 0 amide bonds. The molecule has 3 saturated carbocycles. The Balaban J connectivity index is 1.80. The van der Waals surface area contributed by atoms with Crippen LogP contribution in [-0.2, 0) is 0 Å². The fourth-order valence-electron chi connectivity index (χ4n) is 6.14. The number of fused-ring (bicyclic) bond motifs is 1. The van der Waals surface area contributed by atoms with Crippen molar-refractivity contribution in [3.05, 3.63) is 0 Å². The highest BCUT2D eigenvalue weighted by atomic mass is 16.3. The molecular weight excluding hydrogens is 260 g/mol. The third-order valence-electron chi connectivity index (χ3n) is 8.00. The largest absolute Gasteiger partial charge is 0.393 e. The third-order valence-corrected chi connectivity index (χ3v) is 8.00. The lowest BCUT2D eigenvalue weighted by molar-refractivity contribution is -0.136. The van der Waals surface area contributed by atoms with Gasteiger partial charge in [0.2, 0.25) is 0 Å². The van der Waals surface area contributed by atoms with Gasteiger partial charge in [0, 0.05) is 0 Å². The Morgan fingerprint density at radius 2 is 1.81 bits per heavy atom. The summed E-state index contributed by atoms with van der Waals surface area (Å²) in [6.07, 6.45) is 11.1. The Morgan fingerprint density at radius 3 is 2.52 bits per heavy atom. The molecule has 2 N–H and O–H groups in total. The summed E-state index contributed by atoms with van der Waals surface area (Å²) in [7, 11) is 0. The molecule has 0 aromatic heterocycles. The molecule has 3 aliphatic carbocycles. The van der Waals surface area contributed by atoms with E-state index in [0.717, 1.165) is 32.1 Å². The molecule has 21 heavy (non-hydrogen) atoms. The van der Waals surface area contributed by atoms with Crippen LogP contribution >= 0.6 is 0 Å². The molecule has 0 aromatic carbocycles. The van der Waals surface area contributed by atoms with E-state index < -0.39 is 5.60 Å². The molecule has 0 unspecified atom stereocenters. The first kappa shape index (κ1) is 15.8. The van der Waals surface area contributed by atoms with Crippen LogP contribution in [0.4, 0.5) is 0 Å². The molecule has 0 saturated heterocycles. The smallest absolute Gasteiger partial charge is 0.0703 e. The van der Waals surface area contributed by atoms with Crippen LogP contribution in [-0.4, -0.2) is 21.9 Å². The van der Waals surface area contributed by atoms with Crippen LogP contribution < -0.4 is 0 Å². The maximum absolute atomic E-state index is 11.2. The van der Waals surface area contributed by atoms with E-state index in [0.29, 0.717) is 17.3 Å². The molecule has 0 bridgehead atoms. The van der Waals surface area contributed by atoms with E-state index in [1.165, 1.54) is 32.1 Å². The van der Waals surface area contributed by atoms with Gasteiger partial charge in [0.05, 0.1) is 11.7 Å². The van der Waals surface area contributed by atoms with Gasteiger partial charge in [-0.05, 0) is 80.5 Å². The maximum Gasteiger partial charge on any atom is 0.0703 e. The highest BCUT2D eigenvalue weighted by Gasteiger charge is 2.57. The second kappa shape index (κ2) is 5.23. The SMILES string of the molecule is CC[C@@H]1C[C@@H](O)CC[C@]1(C)[C@H]1CC[C@]2(C)CCC[C@]2(O)C1. The highest BCUT2D eigenvalue weighted by molar-refractivity contribution is 5.08. The van der Waals surface area contributed by atoms with E-state index in [1.54, 1.807) is 0 Å². The lowest BCUT2D eigenvalue weighted by Gasteiger charge is -2.55. The van der Waals surface area contributed by atoms with Gasteiger partial charge in [-0.15, -0.1) is 0 Å². The van der Waals surface area contributed by atoms with E-state index in [4.69, 9.17) is 0 Å². The number of rotatable bonds is 2. The first-order chi connectivity index (χ1) is 9.83. The van der Waals surface area contributed by atoms with Crippen LogP contribution in [0.3, 0.4) is 0 Å². The predicted molar refractivity (Wildman–Crippen MR) is 86.0 cm³/mol. The summed E-state index contributed by atoms with van der Waals surface area (Å²) in [5.74, 6) is 1.27. The molecule has 3 fully saturated rings. The van der Waals surface area contributed by atoms with Gasteiger partial charge in [-0.25, -0.2) is 0 Å². The van der Waals surface area contributed by atoms with Gasteiger partial charge in [0.25, 0.3) is 0 Å². The molecule has 122 valence electrons. The Kier molecular flexibility index (Phi) is 3.94. The Bertz CT molecular complexity index is 395. The summed E-state index contributed by atoms with van der Waals surface area (Å²) in [5, 5.41) is 21.3. The van der Waals surface area contributed by atoms with Crippen LogP contribution in [0.25, 0.3) is 0 Å². The number of aliphatic hydroxyl groups is 2. The van der Waals surface area contributed by atoms with Crippen molar-refractivity contribution in [2.24, 2.45) is 22.7 Å². The zero-order valence-corrected chi connectivity index (χ0v) is 14.2. The fourth-order valence-corrected chi connectivity index (χ4v) is 6.14. The topological polar surface area (TPSA) is 40.5 Å². The number of hydrogen-bond donors (Lipinski definition) is 2. The van der Waals surface area contributed by atoms with E-state index in [2.05, 4.69) is 20.8 Å². The lowest BCUT2D eigenvalue weighted by Crippen LogP contribution is -2.52. The summed E-state index contributed by atoms with van der Waals surface area (Å²) in [4.78, 5) is 0. The van der Waals surface area contributed by atoms with Crippen LogP contribution in [0, 0.1) is 22.7 Å². The van der Waals surface area contributed by atoms with Crippen molar-refractivity contribution in [3.8, 4) is 0 Å². The molecule has 0 spiro atoms. The highest BCUT2D eigenvalue weighted by Crippen LogP contribution is 2.61. The summed E-state index contributed by atoms with van der Waals surface area (Å²) >= 11 is 0. The van der Waals surface area contributed by atoms with Gasteiger partial charge in [0.1, 0.15) is 0 Å². The Morgan fingerprint density at radius 1 is 1.05 bits per heavy atom. The van der Waals surface area contributed by atoms with Crippen molar-refractivity contribution in [1.29, 1.82) is 0 Å². The molecule has 3 rings (SSSR count). The summed E-state index contributed by atoms with van der Waals surface area (Å²) < 4.78 is 0. The molecular formula is C19H34O2. The standard InChI is InChI=1S/C19H34O2/c1-4-14-12-16(20)7-11-18(14,3)15-6-10-17(2)8-5-9-19(17,21)13-15/h14-16,20-21H,4-13H2,1-3H3/t14-,15+,16+,17+,18+,19+/m1/s1. The minimum Gasteiger partial charge on any atom is -0.393 e. The van der Waals surface area contributed by atoms with Gasteiger partial charge < -0.3 is 10.2 Å². The number of hydrogen-bond acceptors (Lipinski definition) is 2. The molecule has 0 radical (unpaired) electrons. The summed E-state index contributed by atoms with van der Waals surface area (Å²) in [6, 6.07) is 0. The second-order valence-corrected chi connectivity index (χ2v) is 8.92. The summed E-state index contributed by atoms with van der Waals surface area (Å²) in [6.45, 7) is 7.05. The molecule has 2 nitrogen and oxygen atoms in total. The maximum atomic E-state index is 11.2.